The van der Waals surface area contributed by atoms with Gasteiger partial charge in [0, 0.05) is 24.3 Å². The van der Waals surface area contributed by atoms with Gasteiger partial charge in [-0.2, -0.15) is 5.10 Å². The largest absolute Gasteiger partial charge is 0.493 e. The minimum atomic E-state index is -0.110. The van der Waals surface area contributed by atoms with Gasteiger partial charge in [-0.25, -0.2) is 5.43 Å². The molecule has 168 valence electrons. The molecule has 0 aromatic heterocycles. The van der Waals surface area contributed by atoms with Crippen LogP contribution in [0, 0.1) is 0 Å². The number of carbonyl (C=O) groups is 1. The van der Waals surface area contributed by atoms with E-state index in [-0.39, 0.29) is 10.5 Å². The lowest BCUT2D eigenvalue weighted by molar-refractivity contribution is 0.261. The van der Waals surface area contributed by atoms with Crippen LogP contribution in [0.2, 0.25) is 0 Å². The summed E-state index contributed by atoms with van der Waals surface area (Å²) < 4.78 is 10.9. The van der Waals surface area contributed by atoms with Crippen LogP contribution in [0.5, 0.6) is 11.5 Å². The SMILES string of the molecule is CC/N=C(/c1ccc(OC)c(OC)c1)N1CCCc2cc(C3=NNC(=O)SC3C)ccc21. The summed E-state index contributed by atoms with van der Waals surface area (Å²) in [5.74, 6) is 2.31. The summed E-state index contributed by atoms with van der Waals surface area (Å²) in [6.07, 6.45) is 2.02. The average Bonchev–Trinajstić information content (AvgIpc) is 2.81. The molecule has 8 heteroatoms. The molecule has 7 nitrogen and oxygen atoms in total. The summed E-state index contributed by atoms with van der Waals surface area (Å²) >= 11 is 1.26. The summed E-state index contributed by atoms with van der Waals surface area (Å²) in [5.41, 5.74) is 7.94. The molecule has 1 unspecified atom stereocenters. The van der Waals surface area contributed by atoms with E-state index in [4.69, 9.17) is 14.5 Å². The first-order chi connectivity index (χ1) is 15.5. The van der Waals surface area contributed by atoms with Gasteiger partial charge < -0.3 is 14.4 Å². The second kappa shape index (κ2) is 9.65. The van der Waals surface area contributed by atoms with Crippen LogP contribution in [0.3, 0.4) is 0 Å². The Labute approximate surface area is 192 Å². The third kappa shape index (κ3) is 4.32. The number of amides is 1. The predicted octanol–water partition coefficient (Wildman–Crippen LogP) is 4.47. The summed E-state index contributed by atoms with van der Waals surface area (Å²) in [6.45, 7) is 5.63. The Kier molecular flexibility index (Phi) is 6.69. The van der Waals surface area contributed by atoms with Gasteiger partial charge in [-0.1, -0.05) is 17.8 Å². The van der Waals surface area contributed by atoms with Crippen LogP contribution in [0.1, 0.15) is 37.0 Å². The number of nitrogens with one attached hydrogen (secondary N) is 1. The molecular formula is C24H28N4O3S. The van der Waals surface area contributed by atoms with Crippen molar-refractivity contribution in [3.05, 3.63) is 53.1 Å². The Morgan fingerprint density at radius 1 is 1.22 bits per heavy atom. The van der Waals surface area contributed by atoms with Crippen LogP contribution >= 0.6 is 11.8 Å². The number of hydrazone groups is 1. The van der Waals surface area contributed by atoms with Gasteiger partial charge in [0.1, 0.15) is 5.84 Å². The fourth-order valence-electron chi connectivity index (χ4n) is 4.17. The van der Waals surface area contributed by atoms with Crippen molar-refractivity contribution in [1.82, 2.24) is 5.43 Å². The quantitative estimate of drug-likeness (QED) is 0.535. The van der Waals surface area contributed by atoms with Crippen LogP contribution in [0.15, 0.2) is 46.5 Å². The van der Waals surface area contributed by atoms with Gasteiger partial charge in [0.2, 0.25) is 0 Å². The number of hydrogen-bond acceptors (Lipinski definition) is 6. The van der Waals surface area contributed by atoms with Crippen LogP contribution in [0.25, 0.3) is 0 Å². The lowest BCUT2D eigenvalue weighted by atomic mass is 9.96. The standard InChI is InChI=1S/C24H28N4O3S/c1-5-25-23(18-9-11-20(30-3)21(14-18)31-4)28-12-6-7-16-13-17(8-10-19(16)28)22-15(2)32-24(29)27-26-22/h8-11,13-15H,5-7,12H2,1-4H3,(H,27,29)/b25-23-. The van der Waals surface area contributed by atoms with Crippen molar-refractivity contribution < 1.29 is 14.3 Å². The molecule has 1 N–H and O–H groups in total. The minimum absolute atomic E-state index is 0.0190. The van der Waals surface area contributed by atoms with Crippen molar-refractivity contribution in [2.45, 2.75) is 31.9 Å². The summed E-state index contributed by atoms with van der Waals surface area (Å²) in [6, 6.07) is 12.4. The third-order valence-corrected chi connectivity index (χ3v) is 6.52. The monoisotopic (exact) mass is 452 g/mol. The second-order valence-corrected chi connectivity index (χ2v) is 8.94. The molecule has 0 bridgehead atoms. The second-order valence-electron chi connectivity index (χ2n) is 7.62. The Morgan fingerprint density at radius 2 is 2.03 bits per heavy atom. The van der Waals surface area contributed by atoms with E-state index < -0.39 is 0 Å². The summed E-state index contributed by atoms with van der Waals surface area (Å²) in [4.78, 5) is 18.7. The maximum atomic E-state index is 11.6. The van der Waals surface area contributed by atoms with Crippen molar-refractivity contribution in [2.75, 3.05) is 32.2 Å². The molecule has 0 aliphatic carbocycles. The number of nitrogens with zero attached hydrogens (tertiary/aromatic N) is 3. The number of aliphatic imine (C=N–C) groups is 1. The van der Waals surface area contributed by atoms with Crippen molar-refractivity contribution >= 4 is 34.2 Å². The minimum Gasteiger partial charge on any atom is -0.493 e. The van der Waals surface area contributed by atoms with Gasteiger partial charge in [0.05, 0.1) is 25.2 Å². The number of amidine groups is 1. The first kappa shape index (κ1) is 22.2. The molecule has 2 aliphatic heterocycles. The van der Waals surface area contributed by atoms with Gasteiger partial charge in [0.25, 0.3) is 5.24 Å². The van der Waals surface area contributed by atoms with E-state index in [9.17, 15) is 4.79 Å². The number of aryl methyl sites for hydroxylation is 1. The van der Waals surface area contributed by atoms with E-state index in [0.29, 0.717) is 18.0 Å². The number of methoxy groups -OCH3 is 2. The highest BCUT2D eigenvalue weighted by atomic mass is 32.2. The maximum absolute atomic E-state index is 11.6. The number of benzene rings is 2. The highest BCUT2D eigenvalue weighted by Gasteiger charge is 2.26. The van der Waals surface area contributed by atoms with Crippen molar-refractivity contribution in [3.63, 3.8) is 0 Å². The van der Waals surface area contributed by atoms with Crippen LogP contribution in [-0.4, -0.2) is 49.3 Å². The average molecular weight is 453 g/mol. The lowest BCUT2D eigenvalue weighted by Crippen LogP contribution is -2.36. The zero-order valence-corrected chi connectivity index (χ0v) is 19.7. The summed E-state index contributed by atoms with van der Waals surface area (Å²) in [7, 11) is 3.28. The molecule has 4 rings (SSSR count). The van der Waals surface area contributed by atoms with E-state index in [0.717, 1.165) is 47.7 Å². The first-order valence-corrected chi connectivity index (χ1v) is 11.7. The summed E-state index contributed by atoms with van der Waals surface area (Å²) in [5, 5.41) is 4.22. The Balaban J connectivity index is 1.71. The third-order valence-electron chi connectivity index (χ3n) is 5.64. The molecule has 0 fully saturated rings. The smallest absolute Gasteiger partial charge is 0.299 e. The number of thioether (sulfide) groups is 1. The molecule has 1 amide bonds. The molecule has 0 spiro atoms. The van der Waals surface area contributed by atoms with Gasteiger partial charge in [-0.3, -0.25) is 9.79 Å². The van der Waals surface area contributed by atoms with Crippen molar-refractivity contribution in [1.29, 1.82) is 0 Å². The Hall–Kier alpha value is -3.00. The molecule has 2 aromatic carbocycles. The van der Waals surface area contributed by atoms with Crippen molar-refractivity contribution in [3.8, 4) is 11.5 Å². The van der Waals surface area contributed by atoms with E-state index >= 15 is 0 Å². The molecule has 2 aromatic rings. The van der Waals surface area contributed by atoms with E-state index in [1.54, 1.807) is 14.2 Å². The number of ether oxygens (including phenoxy) is 2. The topological polar surface area (TPSA) is 75.5 Å². The molecule has 2 aliphatic rings. The Morgan fingerprint density at radius 3 is 2.75 bits per heavy atom. The lowest BCUT2D eigenvalue weighted by Gasteiger charge is -2.33. The van der Waals surface area contributed by atoms with Crippen molar-refractivity contribution in [2.24, 2.45) is 10.1 Å². The zero-order valence-electron chi connectivity index (χ0n) is 18.8. The first-order valence-electron chi connectivity index (χ1n) is 10.8. The van der Waals surface area contributed by atoms with E-state index in [2.05, 4.69) is 33.6 Å². The van der Waals surface area contributed by atoms with E-state index in [1.807, 2.05) is 32.0 Å². The van der Waals surface area contributed by atoms with Crippen LogP contribution in [0.4, 0.5) is 10.5 Å². The number of hydrogen-bond donors (Lipinski definition) is 1. The van der Waals surface area contributed by atoms with Crippen LogP contribution in [-0.2, 0) is 6.42 Å². The number of carbonyl (C=O) groups excluding carboxylic acids is 1. The zero-order chi connectivity index (χ0) is 22.7. The predicted molar refractivity (Wildman–Crippen MR) is 131 cm³/mol. The molecule has 2 heterocycles. The van der Waals surface area contributed by atoms with E-state index in [1.165, 1.54) is 17.3 Å². The fraction of sp³-hybridized carbons (Fsp3) is 0.375. The number of anilines is 1. The van der Waals surface area contributed by atoms with Crippen LogP contribution < -0.4 is 19.8 Å². The molecule has 0 radical (unpaired) electrons. The molecule has 32 heavy (non-hydrogen) atoms. The maximum Gasteiger partial charge on any atom is 0.299 e. The molecule has 1 atom stereocenters. The fourth-order valence-corrected chi connectivity index (χ4v) is 4.89. The molecular weight excluding hydrogens is 424 g/mol. The van der Waals surface area contributed by atoms with Gasteiger partial charge in [0.15, 0.2) is 11.5 Å². The highest BCUT2D eigenvalue weighted by molar-refractivity contribution is 8.14. The molecule has 0 saturated heterocycles. The van der Waals surface area contributed by atoms with Gasteiger partial charge in [-0.15, -0.1) is 0 Å². The normalized spacial score (nSPS) is 18.6. The Bertz CT molecular complexity index is 1080. The highest BCUT2D eigenvalue weighted by Crippen LogP contribution is 2.33. The van der Waals surface area contributed by atoms with Gasteiger partial charge >= 0.3 is 0 Å². The van der Waals surface area contributed by atoms with Gasteiger partial charge in [-0.05, 0) is 68.1 Å². The number of fused-ring (bicyclic) bond motifs is 1. The number of rotatable bonds is 5. The molecule has 0 saturated carbocycles.